The van der Waals surface area contributed by atoms with E-state index in [2.05, 4.69) is 5.43 Å². The molecule has 3 amide bonds. The zero-order chi connectivity index (χ0) is 22.1. The van der Waals surface area contributed by atoms with Crippen LogP contribution in [0.4, 0.5) is 5.69 Å². The third-order valence-electron chi connectivity index (χ3n) is 4.66. The van der Waals surface area contributed by atoms with Crippen LogP contribution in [0.3, 0.4) is 0 Å². The summed E-state index contributed by atoms with van der Waals surface area (Å²) in [6, 6.07) is 15.7. The summed E-state index contributed by atoms with van der Waals surface area (Å²) in [5.41, 5.74) is 4.20. The number of thiocarbonyl (C=S) groups is 1. The fourth-order valence-corrected chi connectivity index (χ4v) is 4.60. The molecule has 0 unspecified atom stereocenters. The number of rotatable bonds is 5. The summed E-state index contributed by atoms with van der Waals surface area (Å²) in [6.45, 7) is -0.534. The van der Waals surface area contributed by atoms with Crippen LogP contribution < -0.4 is 10.3 Å². The molecule has 2 aliphatic rings. The lowest BCUT2D eigenvalue weighted by molar-refractivity contribution is -0.136. The molecule has 0 aromatic heterocycles. The van der Waals surface area contributed by atoms with Gasteiger partial charge in [-0.25, -0.2) is 0 Å². The first kappa shape index (κ1) is 20.8. The predicted molar refractivity (Wildman–Crippen MR) is 119 cm³/mol. The molecule has 0 spiro atoms. The highest BCUT2D eigenvalue weighted by Gasteiger charge is 2.43. The van der Waals surface area contributed by atoms with Crippen molar-refractivity contribution in [3.63, 3.8) is 0 Å². The molecule has 0 radical (unpaired) electrons. The Morgan fingerprint density at radius 2 is 1.68 bits per heavy atom. The van der Waals surface area contributed by atoms with Crippen LogP contribution in [0, 0.1) is 0 Å². The molecule has 0 atom stereocenters. The minimum atomic E-state index is -1.18. The van der Waals surface area contributed by atoms with Crippen molar-refractivity contribution in [1.82, 2.24) is 10.4 Å². The second-order valence-corrected chi connectivity index (χ2v) is 8.36. The molecular weight excluding hydrogens is 438 g/mol. The van der Waals surface area contributed by atoms with Gasteiger partial charge in [0.25, 0.3) is 11.8 Å². The zero-order valence-electron chi connectivity index (χ0n) is 15.9. The highest BCUT2D eigenvalue weighted by atomic mass is 32.2. The second-order valence-electron chi connectivity index (χ2n) is 6.71. The molecule has 2 aromatic rings. The van der Waals surface area contributed by atoms with Crippen molar-refractivity contribution in [2.24, 2.45) is 0 Å². The molecule has 156 valence electrons. The van der Waals surface area contributed by atoms with Gasteiger partial charge in [0.1, 0.15) is 6.54 Å². The number of carbonyl (C=O) groups excluding carboxylic acids is 3. The molecule has 0 aliphatic carbocycles. The van der Waals surface area contributed by atoms with E-state index in [1.54, 1.807) is 48.5 Å². The zero-order valence-corrected chi connectivity index (χ0v) is 17.5. The summed E-state index contributed by atoms with van der Waals surface area (Å²) in [7, 11) is 0. The number of aliphatic carboxylic acids is 1. The van der Waals surface area contributed by atoms with Crippen molar-refractivity contribution in [3.8, 4) is 0 Å². The van der Waals surface area contributed by atoms with E-state index >= 15 is 0 Å². The largest absolute Gasteiger partial charge is 0.480 e. The standard InChI is InChI=1S/C21H15N3O5S2/c25-15(10-12-6-2-1-3-7-12)22-24-20(29)18(31-21(24)30)17-13-8-4-5-9-14(13)23(19(17)28)11-16(26)27/h1-9H,10-11H2,(H,22,25)(H,26,27). The molecule has 2 N–H and O–H groups in total. The number of fused-ring (bicyclic) bond motifs is 1. The quantitative estimate of drug-likeness (QED) is 0.526. The van der Waals surface area contributed by atoms with E-state index in [9.17, 15) is 19.2 Å². The fourth-order valence-electron chi connectivity index (χ4n) is 3.35. The van der Waals surface area contributed by atoms with E-state index in [4.69, 9.17) is 17.3 Å². The number of amides is 3. The molecule has 2 heterocycles. The van der Waals surface area contributed by atoms with Crippen molar-refractivity contribution in [2.45, 2.75) is 6.42 Å². The number of carboxylic acid groups (broad SMARTS) is 1. The number of hydrogen-bond acceptors (Lipinski definition) is 6. The molecule has 0 bridgehead atoms. The number of nitrogens with zero attached hydrogens (tertiary/aromatic N) is 2. The van der Waals surface area contributed by atoms with Crippen LogP contribution in [-0.2, 0) is 25.6 Å². The Kier molecular flexibility index (Phi) is 5.57. The lowest BCUT2D eigenvalue weighted by Gasteiger charge is -2.15. The molecule has 8 nitrogen and oxygen atoms in total. The van der Waals surface area contributed by atoms with E-state index in [0.29, 0.717) is 11.3 Å². The average molecular weight is 454 g/mol. The average Bonchev–Trinajstić information content (AvgIpc) is 3.16. The first-order valence-electron chi connectivity index (χ1n) is 9.14. The van der Waals surface area contributed by atoms with Gasteiger partial charge in [-0.1, -0.05) is 60.3 Å². The number of hydrazine groups is 1. The van der Waals surface area contributed by atoms with E-state index in [1.165, 1.54) is 0 Å². The number of hydrogen-bond donors (Lipinski definition) is 2. The molecule has 31 heavy (non-hydrogen) atoms. The van der Waals surface area contributed by atoms with Gasteiger partial charge >= 0.3 is 5.97 Å². The number of thioether (sulfide) groups is 1. The molecule has 2 aromatic carbocycles. The minimum absolute atomic E-state index is 0.0512. The van der Waals surface area contributed by atoms with Crippen LogP contribution in [0.15, 0.2) is 59.5 Å². The molecule has 4 rings (SSSR count). The van der Waals surface area contributed by atoms with Crippen molar-refractivity contribution < 1.29 is 24.3 Å². The van der Waals surface area contributed by atoms with E-state index in [0.717, 1.165) is 27.2 Å². The Bertz CT molecular complexity index is 1160. The van der Waals surface area contributed by atoms with Gasteiger partial charge in [-0.3, -0.25) is 29.5 Å². The highest BCUT2D eigenvalue weighted by molar-refractivity contribution is 8.26. The predicted octanol–water partition coefficient (Wildman–Crippen LogP) is 1.96. The molecular formula is C21H15N3O5S2. The number of carboxylic acids is 1. The first-order valence-corrected chi connectivity index (χ1v) is 10.4. The van der Waals surface area contributed by atoms with Gasteiger partial charge in [-0.2, -0.15) is 5.01 Å². The number of nitrogens with one attached hydrogen (secondary N) is 1. The lowest BCUT2D eigenvalue weighted by Crippen LogP contribution is -2.45. The summed E-state index contributed by atoms with van der Waals surface area (Å²) in [4.78, 5) is 50.8. The van der Waals surface area contributed by atoms with Crippen LogP contribution in [-0.4, -0.2) is 44.7 Å². The minimum Gasteiger partial charge on any atom is -0.480 e. The van der Waals surface area contributed by atoms with Gasteiger partial charge in [0.2, 0.25) is 5.91 Å². The maximum Gasteiger partial charge on any atom is 0.323 e. The third kappa shape index (κ3) is 3.94. The molecule has 1 saturated heterocycles. The van der Waals surface area contributed by atoms with E-state index in [1.807, 2.05) is 6.07 Å². The summed E-state index contributed by atoms with van der Waals surface area (Å²) < 4.78 is 0.0795. The lowest BCUT2D eigenvalue weighted by atomic mass is 10.1. The normalized spacial score (nSPS) is 17.9. The van der Waals surface area contributed by atoms with Crippen LogP contribution in [0.5, 0.6) is 0 Å². The molecule has 1 fully saturated rings. The Hall–Kier alpha value is -3.50. The second kappa shape index (κ2) is 8.32. The summed E-state index contributed by atoms with van der Waals surface area (Å²) in [5, 5.41) is 10.1. The van der Waals surface area contributed by atoms with E-state index in [-0.39, 0.29) is 21.2 Å². The number of carbonyl (C=O) groups is 4. The summed E-state index contributed by atoms with van der Waals surface area (Å²) in [6.07, 6.45) is 0.0535. The van der Waals surface area contributed by atoms with Crippen LogP contribution in [0.25, 0.3) is 5.57 Å². The maximum absolute atomic E-state index is 13.0. The van der Waals surface area contributed by atoms with E-state index < -0.39 is 30.2 Å². The monoisotopic (exact) mass is 453 g/mol. The van der Waals surface area contributed by atoms with Gasteiger partial charge < -0.3 is 5.11 Å². The SMILES string of the molecule is O=C(O)CN1C(=O)C(=C2SC(=S)N(NC(=O)Cc3ccccc3)C2=O)c2ccccc21. The molecule has 10 heteroatoms. The van der Waals surface area contributed by atoms with Crippen molar-refractivity contribution >= 4 is 63.3 Å². The van der Waals surface area contributed by atoms with Gasteiger partial charge in [0.05, 0.1) is 22.6 Å². The smallest absolute Gasteiger partial charge is 0.323 e. The third-order valence-corrected chi connectivity index (χ3v) is 6.03. The number of anilines is 1. The number of benzene rings is 2. The topological polar surface area (TPSA) is 107 Å². The van der Waals surface area contributed by atoms with Crippen LogP contribution in [0.2, 0.25) is 0 Å². The number of para-hydroxylation sites is 1. The Morgan fingerprint density at radius 1 is 1.00 bits per heavy atom. The highest BCUT2D eigenvalue weighted by Crippen LogP contribution is 2.44. The summed E-state index contributed by atoms with van der Waals surface area (Å²) in [5.74, 6) is -2.84. The molecule has 0 saturated carbocycles. The van der Waals surface area contributed by atoms with Crippen molar-refractivity contribution in [2.75, 3.05) is 11.4 Å². The fraction of sp³-hybridized carbons (Fsp3) is 0.0952. The summed E-state index contributed by atoms with van der Waals surface area (Å²) >= 11 is 6.14. The Labute approximate surface area is 186 Å². The van der Waals surface area contributed by atoms with Gasteiger partial charge in [-0.15, -0.1) is 0 Å². The Morgan fingerprint density at radius 3 is 2.39 bits per heavy atom. The van der Waals surface area contributed by atoms with Crippen molar-refractivity contribution in [3.05, 3.63) is 70.6 Å². The van der Waals surface area contributed by atoms with Crippen LogP contribution >= 0.6 is 24.0 Å². The van der Waals surface area contributed by atoms with Crippen molar-refractivity contribution in [1.29, 1.82) is 0 Å². The van der Waals surface area contributed by atoms with Gasteiger partial charge in [0, 0.05) is 5.56 Å². The van der Waals surface area contributed by atoms with Crippen LogP contribution in [0.1, 0.15) is 11.1 Å². The van der Waals surface area contributed by atoms with Gasteiger partial charge in [-0.05, 0) is 23.8 Å². The molecule has 2 aliphatic heterocycles. The maximum atomic E-state index is 13.0. The Balaban J connectivity index is 1.62. The first-order chi connectivity index (χ1) is 14.9. The van der Waals surface area contributed by atoms with Gasteiger partial charge in [0.15, 0.2) is 4.32 Å².